The van der Waals surface area contributed by atoms with Gasteiger partial charge in [-0.2, -0.15) is 0 Å². The Morgan fingerprint density at radius 3 is 3.06 bits per heavy atom. The molecule has 0 unspecified atom stereocenters. The molecule has 1 aliphatic heterocycles. The Balaban J connectivity index is 2.45. The summed E-state index contributed by atoms with van der Waals surface area (Å²) in [6, 6.07) is 1.93. The van der Waals surface area contributed by atoms with Crippen LogP contribution < -0.4 is 10.5 Å². The third-order valence-electron chi connectivity index (χ3n) is 3.36. The number of hydrogen-bond donors (Lipinski definition) is 1. The molecule has 1 aromatic carbocycles. The number of rotatable bonds is 1. The molecule has 0 fully saturated rings. The average Bonchev–Trinajstić information content (AvgIpc) is 2.62. The van der Waals surface area contributed by atoms with Crippen LogP contribution in [0.2, 0.25) is 0 Å². The van der Waals surface area contributed by atoms with Crippen LogP contribution in [-0.4, -0.2) is 16.7 Å². The summed E-state index contributed by atoms with van der Waals surface area (Å²) >= 11 is 0. The zero-order valence-corrected chi connectivity index (χ0v) is 9.58. The van der Waals surface area contributed by atoms with E-state index in [4.69, 9.17) is 10.5 Å². The predicted molar refractivity (Wildman–Crippen MR) is 63.8 cm³/mol. The minimum Gasteiger partial charge on any atom is -0.495 e. The first-order valence-electron chi connectivity index (χ1n) is 5.54. The maximum atomic E-state index is 6.12. The molecule has 0 spiro atoms. The molecule has 1 aliphatic rings. The van der Waals surface area contributed by atoms with Gasteiger partial charge in [-0.3, -0.25) is 0 Å². The highest BCUT2D eigenvalue weighted by atomic mass is 16.5. The van der Waals surface area contributed by atoms with E-state index < -0.39 is 0 Å². The zero-order valence-electron chi connectivity index (χ0n) is 9.58. The summed E-state index contributed by atoms with van der Waals surface area (Å²) in [4.78, 5) is 4.56. The molecule has 2 aromatic rings. The van der Waals surface area contributed by atoms with Crippen LogP contribution in [0.5, 0.6) is 5.75 Å². The van der Waals surface area contributed by atoms with Crippen molar-refractivity contribution in [2.24, 2.45) is 0 Å². The van der Waals surface area contributed by atoms with Crippen molar-refractivity contribution in [1.82, 2.24) is 9.55 Å². The second-order valence-electron chi connectivity index (χ2n) is 4.25. The average molecular weight is 217 g/mol. The molecule has 4 nitrogen and oxygen atoms in total. The lowest BCUT2D eigenvalue weighted by molar-refractivity contribution is 0.417. The summed E-state index contributed by atoms with van der Waals surface area (Å²) < 4.78 is 7.55. The quantitative estimate of drug-likeness (QED) is 0.742. The van der Waals surface area contributed by atoms with Crippen LogP contribution in [-0.2, 0) is 13.0 Å². The molecule has 0 saturated heterocycles. The summed E-state index contributed by atoms with van der Waals surface area (Å²) in [5.41, 5.74) is 10.3. The van der Waals surface area contributed by atoms with E-state index in [9.17, 15) is 0 Å². The number of imidazole rings is 1. The van der Waals surface area contributed by atoms with Crippen LogP contribution in [0.4, 0.5) is 5.69 Å². The van der Waals surface area contributed by atoms with Crippen molar-refractivity contribution in [2.75, 3.05) is 12.8 Å². The zero-order chi connectivity index (χ0) is 11.3. The van der Waals surface area contributed by atoms with Gasteiger partial charge < -0.3 is 15.0 Å². The number of nitrogens with two attached hydrogens (primary N) is 1. The van der Waals surface area contributed by atoms with E-state index in [1.165, 1.54) is 11.1 Å². The van der Waals surface area contributed by atoms with Crippen molar-refractivity contribution in [2.45, 2.75) is 26.3 Å². The van der Waals surface area contributed by atoms with Gasteiger partial charge in [0.25, 0.3) is 0 Å². The highest BCUT2D eigenvalue weighted by molar-refractivity contribution is 5.88. The van der Waals surface area contributed by atoms with E-state index in [-0.39, 0.29) is 0 Å². The molecular formula is C12H15N3O. The van der Waals surface area contributed by atoms with E-state index in [1.54, 1.807) is 7.11 Å². The number of nitrogens with zero attached hydrogens (tertiary/aromatic N) is 2. The minimum atomic E-state index is 0.744. The van der Waals surface area contributed by atoms with Gasteiger partial charge in [0.15, 0.2) is 0 Å². The van der Waals surface area contributed by atoms with Crippen molar-refractivity contribution in [3.8, 4) is 5.75 Å². The molecule has 0 atom stereocenters. The highest BCUT2D eigenvalue weighted by Crippen LogP contribution is 2.36. The van der Waals surface area contributed by atoms with Gasteiger partial charge in [0, 0.05) is 18.2 Å². The van der Waals surface area contributed by atoms with Gasteiger partial charge in [0.05, 0.1) is 23.8 Å². The molecule has 0 bridgehead atoms. The number of aryl methyl sites for hydroxylation is 3. The van der Waals surface area contributed by atoms with Crippen molar-refractivity contribution in [3.63, 3.8) is 0 Å². The Morgan fingerprint density at radius 1 is 1.50 bits per heavy atom. The standard InChI is InChI=1S/C12H15N3O/c1-7-14-9-6-10(16-2)11(13)8-4-3-5-15(7)12(8)9/h6H,3-5,13H2,1-2H3. The Labute approximate surface area is 94.0 Å². The molecular weight excluding hydrogens is 202 g/mol. The fourth-order valence-corrected chi connectivity index (χ4v) is 2.59. The maximum Gasteiger partial charge on any atom is 0.144 e. The Hall–Kier alpha value is -1.71. The molecule has 4 heteroatoms. The number of hydrogen-bond acceptors (Lipinski definition) is 3. The molecule has 0 aliphatic carbocycles. The first-order valence-corrected chi connectivity index (χ1v) is 5.54. The van der Waals surface area contributed by atoms with Gasteiger partial charge in [-0.15, -0.1) is 0 Å². The number of methoxy groups -OCH3 is 1. The van der Waals surface area contributed by atoms with Crippen LogP contribution in [0.15, 0.2) is 6.07 Å². The Bertz CT molecular complexity index is 571. The molecule has 84 valence electrons. The Kier molecular flexibility index (Phi) is 1.87. The van der Waals surface area contributed by atoms with Gasteiger partial charge >= 0.3 is 0 Å². The van der Waals surface area contributed by atoms with E-state index in [0.717, 1.165) is 42.2 Å². The lowest BCUT2D eigenvalue weighted by Gasteiger charge is -2.18. The van der Waals surface area contributed by atoms with Crippen LogP contribution in [0.25, 0.3) is 11.0 Å². The molecule has 1 aromatic heterocycles. The number of benzene rings is 1. The molecule has 2 N–H and O–H groups in total. The number of aromatic nitrogens is 2. The maximum absolute atomic E-state index is 6.12. The van der Waals surface area contributed by atoms with Crippen molar-refractivity contribution in [1.29, 1.82) is 0 Å². The summed E-state index contributed by atoms with van der Waals surface area (Å²) in [6.07, 6.45) is 2.14. The molecule has 16 heavy (non-hydrogen) atoms. The van der Waals surface area contributed by atoms with Gasteiger partial charge in [-0.25, -0.2) is 4.98 Å². The lowest BCUT2D eigenvalue weighted by Crippen LogP contribution is -2.11. The largest absolute Gasteiger partial charge is 0.495 e. The van der Waals surface area contributed by atoms with Crippen LogP contribution in [0, 0.1) is 6.92 Å². The van der Waals surface area contributed by atoms with Gasteiger partial charge in [-0.1, -0.05) is 0 Å². The fraction of sp³-hybridized carbons (Fsp3) is 0.417. The van der Waals surface area contributed by atoms with Gasteiger partial charge in [0.1, 0.15) is 11.6 Å². The summed E-state index contributed by atoms with van der Waals surface area (Å²) in [6.45, 7) is 3.08. The summed E-state index contributed by atoms with van der Waals surface area (Å²) in [5, 5.41) is 0. The summed E-state index contributed by atoms with van der Waals surface area (Å²) in [5.74, 6) is 1.80. The molecule has 2 heterocycles. The number of nitrogen functional groups attached to an aromatic ring is 1. The first kappa shape index (κ1) is 9.51. The van der Waals surface area contributed by atoms with Gasteiger partial charge in [0.2, 0.25) is 0 Å². The third kappa shape index (κ3) is 1.07. The van der Waals surface area contributed by atoms with E-state index in [1.807, 2.05) is 13.0 Å². The van der Waals surface area contributed by atoms with Gasteiger partial charge in [-0.05, 0) is 19.8 Å². The first-order chi connectivity index (χ1) is 7.72. The SMILES string of the molecule is COc1cc2nc(C)n3c2c(c1N)CCC3. The number of ether oxygens (including phenoxy) is 1. The smallest absolute Gasteiger partial charge is 0.144 e. The highest BCUT2D eigenvalue weighted by Gasteiger charge is 2.20. The minimum absolute atomic E-state index is 0.744. The van der Waals surface area contributed by atoms with Crippen LogP contribution in [0.1, 0.15) is 17.8 Å². The molecule has 0 saturated carbocycles. The van der Waals surface area contributed by atoms with E-state index in [0.29, 0.717) is 0 Å². The Morgan fingerprint density at radius 2 is 2.31 bits per heavy atom. The molecule has 3 rings (SSSR count). The molecule has 0 amide bonds. The number of anilines is 1. The third-order valence-corrected chi connectivity index (χ3v) is 3.36. The van der Waals surface area contributed by atoms with Crippen LogP contribution >= 0.6 is 0 Å². The topological polar surface area (TPSA) is 53.1 Å². The second-order valence-corrected chi connectivity index (χ2v) is 4.25. The van der Waals surface area contributed by atoms with Crippen molar-refractivity contribution >= 4 is 16.7 Å². The lowest BCUT2D eigenvalue weighted by atomic mass is 10.0. The van der Waals surface area contributed by atoms with E-state index >= 15 is 0 Å². The normalized spacial score (nSPS) is 14.4. The van der Waals surface area contributed by atoms with Crippen molar-refractivity contribution < 1.29 is 4.74 Å². The summed E-state index contributed by atoms with van der Waals surface area (Å²) in [7, 11) is 1.65. The van der Waals surface area contributed by atoms with Crippen molar-refractivity contribution in [3.05, 3.63) is 17.5 Å². The second kappa shape index (κ2) is 3.14. The van der Waals surface area contributed by atoms with E-state index in [2.05, 4.69) is 9.55 Å². The molecule has 0 radical (unpaired) electrons. The predicted octanol–water partition coefficient (Wildman–Crippen LogP) is 1.88. The monoisotopic (exact) mass is 217 g/mol. The van der Waals surface area contributed by atoms with Crippen LogP contribution in [0.3, 0.4) is 0 Å². The fourth-order valence-electron chi connectivity index (χ4n) is 2.59.